The first-order valence-electron chi connectivity index (χ1n) is 6.60. The van der Waals surface area contributed by atoms with Crippen molar-refractivity contribution in [3.05, 3.63) is 21.9 Å². The van der Waals surface area contributed by atoms with Crippen molar-refractivity contribution in [3.8, 4) is 0 Å². The lowest BCUT2D eigenvalue weighted by Gasteiger charge is -2.17. The Bertz CT molecular complexity index is 525. The van der Waals surface area contributed by atoms with Crippen molar-refractivity contribution in [1.82, 2.24) is 9.62 Å². The van der Waals surface area contributed by atoms with E-state index in [4.69, 9.17) is 0 Å². The molecule has 2 rings (SSSR count). The Hall–Kier alpha value is -0.430. The highest BCUT2D eigenvalue weighted by molar-refractivity contribution is 7.88. The molecule has 1 N–H and O–H groups in total. The molecule has 2 atom stereocenters. The molecule has 0 aromatic carbocycles. The normalized spacial score (nSPS) is 22.8. The van der Waals surface area contributed by atoms with Crippen LogP contribution in [0.1, 0.15) is 29.8 Å². The van der Waals surface area contributed by atoms with Crippen molar-refractivity contribution in [3.63, 3.8) is 0 Å². The molecule has 0 saturated carbocycles. The zero-order valence-electron chi connectivity index (χ0n) is 11.7. The number of hydrogen-bond acceptors (Lipinski definition) is 4. The molecule has 1 aromatic heterocycles. The number of hydrogen-bond donors (Lipinski definition) is 1. The minimum atomic E-state index is -3.02. The number of aryl methyl sites for hydroxylation is 1. The van der Waals surface area contributed by atoms with Gasteiger partial charge in [0.05, 0.1) is 6.26 Å². The van der Waals surface area contributed by atoms with Crippen LogP contribution in [0.4, 0.5) is 0 Å². The van der Waals surface area contributed by atoms with Crippen molar-refractivity contribution >= 4 is 21.4 Å². The summed E-state index contributed by atoms with van der Waals surface area (Å²) in [6.45, 7) is 6.50. The van der Waals surface area contributed by atoms with Crippen molar-refractivity contribution in [1.29, 1.82) is 0 Å². The van der Waals surface area contributed by atoms with Gasteiger partial charge < -0.3 is 5.32 Å². The minimum absolute atomic E-state index is 0.340. The fraction of sp³-hybridized carbons (Fsp3) is 0.692. The molecule has 1 aromatic rings. The molecule has 19 heavy (non-hydrogen) atoms. The molecule has 1 aliphatic rings. The number of nitrogens with zero attached hydrogens (tertiary/aromatic N) is 1. The number of sulfonamides is 1. The van der Waals surface area contributed by atoms with Gasteiger partial charge in [-0.3, -0.25) is 0 Å². The summed E-state index contributed by atoms with van der Waals surface area (Å²) in [5, 5.41) is 5.64. The van der Waals surface area contributed by atoms with E-state index in [1.165, 1.54) is 16.7 Å². The third-order valence-corrected chi connectivity index (χ3v) is 6.20. The van der Waals surface area contributed by atoms with E-state index in [0.717, 1.165) is 13.0 Å². The van der Waals surface area contributed by atoms with Crippen molar-refractivity contribution < 1.29 is 8.42 Å². The van der Waals surface area contributed by atoms with Crippen LogP contribution in [0.25, 0.3) is 0 Å². The summed E-state index contributed by atoms with van der Waals surface area (Å²) in [5.74, 6) is 0.428. The van der Waals surface area contributed by atoms with Gasteiger partial charge in [-0.1, -0.05) is 0 Å². The summed E-state index contributed by atoms with van der Waals surface area (Å²) in [7, 11) is -3.02. The quantitative estimate of drug-likeness (QED) is 0.905. The third kappa shape index (κ3) is 3.78. The Balaban J connectivity index is 1.83. The molecule has 2 heterocycles. The average molecular weight is 302 g/mol. The lowest BCUT2D eigenvalue weighted by molar-refractivity contribution is 0.434. The maximum Gasteiger partial charge on any atom is 0.211 e. The Labute approximate surface area is 119 Å². The van der Waals surface area contributed by atoms with Gasteiger partial charge in [-0.2, -0.15) is 0 Å². The molecular formula is C13H22N2O2S2. The maximum absolute atomic E-state index is 11.5. The highest BCUT2D eigenvalue weighted by Crippen LogP contribution is 2.24. The average Bonchev–Trinajstić information content (AvgIpc) is 2.93. The van der Waals surface area contributed by atoms with Gasteiger partial charge in [0, 0.05) is 24.0 Å². The number of thiophene rings is 1. The first kappa shape index (κ1) is 15.0. The Morgan fingerprint density at radius 3 is 2.84 bits per heavy atom. The van der Waals surface area contributed by atoms with Gasteiger partial charge in [0.25, 0.3) is 0 Å². The highest BCUT2D eigenvalue weighted by Gasteiger charge is 2.28. The number of rotatable bonds is 5. The molecule has 0 amide bonds. The smallest absolute Gasteiger partial charge is 0.211 e. The minimum Gasteiger partial charge on any atom is -0.309 e. The molecular weight excluding hydrogens is 280 g/mol. The van der Waals surface area contributed by atoms with Gasteiger partial charge in [-0.25, -0.2) is 12.7 Å². The van der Waals surface area contributed by atoms with Crippen LogP contribution in [0.2, 0.25) is 0 Å². The van der Waals surface area contributed by atoms with Gasteiger partial charge in [0.15, 0.2) is 0 Å². The van der Waals surface area contributed by atoms with Crippen LogP contribution in [0.5, 0.6) is 0 Å². The van der Waals surface area contributed by atoms with Crippen LogP contribution in [-0.2, 0) is 10.0 Å². The molecule has 0 bridgehead atoms. The van der Waals surface area contributed by atoms with Crippen molar-refractivity contribution in [2.24, 2.45) is 5.92 Å². The van der Waals surface area contributed by atoms with E-state index in [1.54, 1.807) is 15.6 Å². The first-order chi connectivity index (χ1) is 8.88. The Morgan fingerprint density at radius 1 is 1.58 bits per heavy atom. The highest BCUT2D eigenvalue weighted by atomic mass is 32.2. The van der Waals surface area contributed by atoms with Gasteiger partial charge in [-0.05, 0) is 49.7 Å². The summed E-state index contributed by atoms with van der Waals surface area (Å²) >= 11 is 1.78. The van der Waals surface area contributed by atoms with Crippen LogP contribution in [0.3, 0.4) is 0 Å². The molecule has 1 aliphatic heterocycles. The zero-order chi connectivity index (χ0) is 14.0. The SMILES string of the molecule is Cc1ccsc1[C@@H](C)NC[C@@H]1CCN(S(C)(=O)=O)C1. The summed E-state index contributed by atoms with van der Waals surface area (Å²) in [5.41, 5.74) is 1.33. The topological polar surface area (TPSA) is 49.4 Å². The molecule has 0 unspecified atom stereocenters. The summed E-state index contributed by atoms with van der Waals surface area (Å²) < 4.78 is 24.5. The second kappa shape index (κ2) is 5.91. The van der Waals surface area contributed by atoms with E-state index < -0.39 is 10.0 Å². The largest absolute Gasteiger partial charge is 0.309 e. The fourth-order valence-corrected chi connectivity index (χ4v) is 4.41. The van der Waals surface area contributed by atoms with E-state index in [0.29, 0.717) is 25.0 Å². The van der Waals surface area contributed by atoms with Crippen molar-refractivity contribution in [2.45, 2.75) is 26.3 Å². The van der Waals surface area contributed by atoms with E-state index in [9.17, 15) is 8.42 Å². The monoisotopic (exact) mass is 302 g/mol. The molecule has 0 aliphatic carbocycles. The Morgan fingerprint density at radius 2 is 2.32 bits per heavy atom. The fourth-order valence-electron chi connectivity index (χ4n) is 2.53. The second-order valence-electron chi connectivity index (χ2n) is 5.37. The molecule has 0 spiro atoms. The van der Waals surface area contributed by atoms with E-state index >= 15 is 0 Å². The van der Waals surface area contributed by atoms with Crippen molar-refractivity contribution in [2.75, 3.05) is 25.9 Å². The predicted molar refractivity (Wildman–Crippen MR) is 80.0 cm³/mol. The molecule has 108 valence electrons. The molecule has 6 heteroatoms. The first-order valence-corrected chi connectivity index (χ1v) is 9.33. The lowest BCUT2D eigenvalue weighted by atomic mass is 10.1. The van der Waals surface area contributed by atoms with E-state index in [2.05, 4.69) is 30.6 Å². The summed E-state index contributed by atoms with van der Waals surface area (Å²) in [4.78, 5) is 1.37. The third-order valence-electron chi connectivity index (χ3n) is 3.73. The van der Waals surface area contributed by atoms with Gasteiger partial charge in [-0.15, -0.1) is 11.3 Å². The summed E-state index contributed by atoms with van der Waals surface area (Å²) in [6, 6.07) is 2.48. The van der Waals surface area contributed by atoms with Crippen LogP contribution in [-0.4, -0.2) is 38.6 Å². The number of nitrogens with one attached hydrogen (secondary N) is 1. The van der Waals surface area contributed by atoms with E-state index in [1.807, 2.05) is 0 Å². The van der Waals surface area contributed by atoms with Gasteiger partial charge >= 0.3 is 0 Å². The molecule has 1 fully saturated rings. The standard InChI is InChI=1S/C13H22N2O2S2/c1-10-5-7-18-13(10)11(2)14-8-12-4-6-15(9-12)19(3,16)17/h5,7,11-12,14H,4,6,8-9H2,1-3H3/t11-,12+/m1/s1. The lowest BCUT2D eigenvalue weighted by Crippen LogP contribution is -2.30. The molecule has 0 radical (unpaired) electrons. The molecule has 4 nitrogen and oxygen atoms in total. The van der Waals surface area contributed by atoms with Crippen LogP contribution >= 0.6 is 11.3 Å². The second-order valence-corrected chi connectivity index (χ2v) is 8.30. The van der Waals surface area contributed by atoms with E-state index in [-0.39, 0.29) is 0 Å². The maximum atomic E-state index is 11.5. The molecule has 1 saturated heterocycles. The van der Waals surface area contributed by atoms with Crippen LogP contribution in [0.15, 0.2) is 11.4 Å². The Kier molecular flexibility index (Phi) is 4.66. The van der Waals surface area contributed by atoms with Crippen LogP contribution in [0, 0.1) is 12.8 Å². The zero-order valence-corrected chi connectivity index (χ0v) is 13.4. The van der Waals surface area contributed by atoms with Gasteiger partial charge in [0.1, 0.15) is 0 Å². The van der Waals surface area contributed by atoms with Crippen LogP contribution < -0.4 is 5.32 Å². The predicted octanol–water partition coefficient (Wildman–Crippen LogP) is 1.99. The summed E-state index contributed by atoms with van der Waals surface area (Å²) in [6.07, 6.45) is 2.25. The van der Waals surface area contributed by atoms with Gasteiger partial charge in [0.2, 0.25) is 10.0 Å².